The predicted molar refractivity (Wildman–Crippen MR) is 68.3 cm³/mol. The van der Waals surface area contributed by atoms with Gasteiger partial charge in [0, 0.05) is 11.1 Å². The lowest BCUT2D eigenvalue weighted by atomic mass is 10.2. The molecule has 1 aromatic heterocycles. The first-order chi connectivity index (χ1) is 7.66. The van der Waals surface area contributed by atoms with Crippen LogP contribution in [-0.2, 0) is 6.54 Å². The molecule has 0 radical (unpaired) electrons. The summed E-state index contributed by atoms with van der Waals surface area (Å²) in [5.74, 6) is -0.258. The van der Waals surface area contributed by atoms with Gasteiger partial charge in [-0.1, -0.05) is 0 Å². The maximum Gasteiger partial charge on any atom is 0.139 e. The molecule has 0 saturated carbocycles. The van der Waals surface area contributed by atoms with E-state index in [0.717, 1.165) is 16.9 Å². The average Bonchev–Trinajstić information content (AvgIpc) is 2.74. The van der Waals surface area contributed by atoms with E-state index in [-0.39, 0.29) is 5.82 Å². The van der Waals surface area contributed by atoms with Crippen molar-refractivity contribution in [1.82, 2.24) is 4.98 Å². The van der Waals surface area contributed by atoms with Gasteiger partial charge in [0.15, 0.2) is 0 Å². The predicted octanol–water partition coefficient (Wildman–Crippen LogP) is 3.97. The minimum Gasteiger partial charge on any atom is -0.379 e. The van der Waals surface area contributed by atoms with E-state index >= 15 is 0 Å². The van der Waals surface area contributed by atoms with Gasteiger partial charge in [0.25, 0.3) is 0 Å². The number of benzene rings is 1. The molecule has 0 spiro atoms. The lowest BCUT2D eigenvalue weighted by Gasteiger charge is -2.09. The fraction of sp³-hybridized carbons (Fsp3) is 0.182. The minimum absolute atomic E-state index is 0.258. The second-order valence-electron chi connectivity index (χ2n) is 3.41. The zero-order chi connectivity index (χ0) is 11.5. The molecule has 0 aliphatic carbocycles. The third-order valence-electron chi connectivity index (χ3n) is 2.21. The molecule has 0 fully saturated rings. The Kier molecular flexibility index (Phi) is 3.56. The Labute approximate surface area is 106 Å². The first-order valence-corrected chi connectivity index (χ1v) is 6.47. The molecule has 0 bridgehead atoms. The number of hydrogen-bond donors (Lipinski definition) is 1. The van der Waals surface area contributed by atoms with Crippen LogP contribution in [0.25, 0.3) is 0 Å². The molecule has 2 nitrogen and oxygen atoms in total. The number of anilines is 1. The van der Waals surface area contributed by atoms with Crippen molar-refractivity contribution < 1.29 is 4.39 Å². The van der Waals surface area contributed by atoms with Crippen molar-refractivity contribution in [3.8, 4) is 0 Å². The number of rotatable bonds is 3. The second kappa shape index (κ2) is 4.93. The molecule has 1 aromatic carbocycles. The van der Waals surface area contributed by atoms with Crippen molar-refractivity contribution in [1.29, 1.82) is 0 Å². The van der Waals surface area contributed by atoms with Crippen LogP contribution < -0.4 is 5.32 Å². The Hall–Kier alpha value is -0.940. The van der Waals surface area contributed by atoms with Crippen molar-refractivity contribution in [2.75, 3.05) is 5.32 Å². The van der Waals surface area contributed by atoms with Crippen LogP contribution in [0.15, 0.2) is 27.5 Å². The SMILES string of the molecule is Cc1cc(Br)c(F)cc1NCc1cscn1. The summed E-state index contributed by atoms with van der Waals surface area (Å²) in [5.41, 5.74) is 4.55. The molecule has 0 aliphatic heterocycles. The first kappa shape index (κ1) is 11.5. The lowest BCUT2D eigenvalue weighted by molar-refractivity contribution is 0.621. The summed E-state index contributed by atoms with van der Waals surface area (Å²) >= 11 is 4.71. The third-order valence-corrected chi connectivity index (χ3v) is 3.45. The highest BCUT2D eigenvalue weighted by molar-refractivity contribution is 9.10. The van der Waals surface area contributed by atoms with Gasteiger partial charge in [-0.05, 0) is 40.5 Å². The number of thiazole rings is 1. The van der Waals surface area contributed by atoms with Gasteiger partial charge in [0.1, 0.15) is 5.82 Å². The molecular formula is C11H10BrFN2S. The number of halogens is 2. The molecule has 2 rings (SSSR count). The van der Waals surface area contributed by atoms with Crippen molar-refractivity contribution in [2.24, 2.45) is 0 Å². The van der Waals surface area contributed by atoms with Crippen LogP contribution in [0.3, 0.4) is 0 Å². The van der Waals surface area contributed by atoms with Crippen LogP contribution in [0.5, 0.6) is 0 Å². The molecule has 1 heterocycles. The highest BCUT2D eigenvalue weighted by Crippen LogP contribution is 2.24. The summed E-state index contributed by atoms with van der Waals surface area (Å²) in [6.45, 7) is 2.55. The van der Waals surface area contributed by atoms with Crippen LogP contribution >= 0.6 is 27.3 Å². The number of aromatic nitrogens is 1. The van der Waals surface area contributed by atoms with Crippen LogP contribution in [-0.4, -0.2) is 4.98 Å². The summed E-state index contributed by atoms with van der Waals surface area (Å²) in [4.78, 5) is 4.15. The molecule has 1 N–H and O–H groups in total. The van der Waals surface area contributed by atoms with Gasteiger partial charge in [-0.2, -0.15) is 0 Å². The fourth-order valence-electron chi connectivity index (χ4n) is 1.35. The molecule has 0 aliphatic rings. The molecule has 16 heavy (non-hydrogen) atoms. The van der Waals surface area contributed by atoms with E-state index in [1.54, 1.807) is 22.9 Å². The summed E-state index contributed by atoms with van der Waals surface area (Å²) in [7, 11) is 0. The van der Waals surface area contributed by atoms with Gasteiger partial charge >= 0.3 is 0 Å². The Morgan fingerprint density at radius 2 is 2.31 bits per heavy atom. The van der Waals surface area contributed by atoms with E-state index in [1.165, 1.54) is 6.07 Å². The van der Waals surface area contributed by atoms with Crippen LogP contribution in [0, 0.1) is 12.7 Å². The molecule has 0 amide bonds. The highest BCUT2D eigenvalue weighted by atomic mass is 79.9. The van der Waals surface area contributed by atoms with Crippen LogP contribution in [0.1, 0.15) is 11.3 Å². The van der Waals surface area contributed by atoms with Crippen LogP contribution in [0.4, 0.5) is 10.1 Å². The lowest BCUT2D eigenvalue weighted by Crippen LogP contribution is -2.01. The van der Waals surface area contributed by atoms with E-state index < -0.39 is 0 Å². The molecule has 0 unspecified atom stereocenters. The van der Waals surface area contributed by atoms with Crippen molar-refractivity contribution in [2.45, 2.75) is 13.5 Å². The van der Waals surface area contributed by atoms with E-state index in [4.69, 9.17) is 0 Å². The molecule has 0 atom stereocenters. The molecule has 84 valence electrons. The van der Waals surface area contributed by atoms with Crippen molar-refractivity contribution >= 4 is 33.0 Å². The molecule has 0 saturated heterocycles. The van der Waals surface area contributed by atoms with E-state index in [1.807, 2.05) is 12.3 Å². The fourth-order valence-corrected chi connectivity index (χ4v) is 2.36. The number of nitrogens with one attached hydrogen (secondary N) is 1. The Balaban J connectivity index is 2.12. The van der Waals surface area contributed by atoms with Crippen LogP contribution in [0.2, 0.25) is 0 Å². The summed E-state index contributed by atoms with van der Waals surface area (Å²) in [6.07, 6.45) is 0. The number of nitrogens with zero attached hydrogens (tertiary/aromatic N) is 1. The largest absolute Gasteiger partial charge is 0.379 e. The van der Waals surface area contributed by atoms with Crippen molar-refractivity contribution in [3.63, 3.8) is 0 Å². The van der Waals surface area contributed by atoms with Crippen molar-refractivity contribution in [3.05, 3.63) is 44.6 Å². The standard InChI is InChI=1S/C11H10BrFN2S/c1-7-2-9(12)10(13)3-11(7)14-4-8-5-16-6-15-8/h2-3,5-6,14H,4H2,1H3. The Bertz CT molecular complexity index is 485. The maximum atomic E-state index is 13.3. The summed E-state index contributed by atoms with van der Waals surface area (Å²) in [5, 5.41) is 5.14. The van der Waals surface area contributed by atoms with Gasteiger partial charge in [-0.15, -0.1) is 11.3 Å². The second-order valence-corrected chi connectivity index (χ2v) is 4.99. The monoisotopic (exact) mass is 300 g/mol. The third kappa shape index (κ3) is 2.59. The van der Waals surface area contributed by atoms with E-state index in [0.29, 0.717) is 11.0 Å². The summed E-state index contributed by atoms with van der Waals surface area (Å²) < 4.78 is 13.8. The smallest absolute Gasteiger partial charge is 0.139 e. The minimum atomic E-state index is -0.258. The summed E-state index contributed by atoms with van der Waals surface area (Å²) in [6, 6.07) is 3.25. The number of aryl methyl sites for hydroxylation is 1. The van der Waals surface area contributed by atoms with E-state index in [2.05, 4.69) is 26.2 Å². The first-order valence-electron chi connectivity index (χ1n) is 4.73. The average molecular weight is 301 g/mol. The molecule has 2 aromatic rings. The maximum absolute atomic E-state index is 13.3. The normalized spacial score (nSPS) is 10.4. The quantitative estimate of drug-likeness (QED) is 0.928. The highest BCUT2D eigenvalue weighted by Gasteiger charge is 2.05. The van der Waals surface area contributed by atoms with Gasteiger partial charge < -0.3 is 5.32 Å². The Morgan fingerprint density at radius 1 is 1.50 bits per heavy atom. The van der Waals surface area contributed by atoms with E-state index in [9.17, 15) is 4.39 Å². The Morgan fingerprint density at radius 3 is 3.00 bits per heavy atom. The zero-order valence-corrected chi connectivity index (χ0v) is 11.0. The zero-order valence-electron chi connectivity index (χ0n) is 8.63. The molecular weight excluding hydrogens is 291 g/mol. The molecule has 5 heteroatoms. The number of hydrogen-bond acceptors (Lipinski definition) is 3. The topological polar surface area (TPSA) is 24.9 Å². The van der Waals surface area contributed by atoms with Gasteiger partial charge in [-0.25, -0.2) is 9.37 Å². The van der Waals surface area contributed by atoms with Gasteiger partial charge in [0.05, 0.1) is 22.2 Å². The van der Waals surface area contributed by atoms with Gasteiger partial charge in [0.2, 0.25) is 0 Å². The van der Waals surface area contributed by atoms with Gasteiger partial charge in [-0.3, -0.25) is 0 Å².